The Morgan fingerprint density at radius 1 is 0.963 bits per heavy atom. The molecule has 0 aromatic carbocycles. The quantitative estimate of drug-likeness (QED) is 0.478. The molecule has 0 amide bonds. The molecule has 5 heteroatoms. The molecule has 3 fully saturated rings. The van der Waals surface area contributed by atoms with E-state index in [1.54, 1.807) is 6.92 Å². The highest BCUT2D eigenvalue weighted by Crippen LogP contribution is 2.49. The third-order valence-corrected chi connectivity index (χ3v) is 6.42. The van der Waals surface area contributed by atoms with Gasteiger partial charge < -0.3 is 14.2 Å². The van der Waals surface area contributed by atoms with E-state index in [1.165, 1.54) is 0 Å². The molecule has 0 N–H and O–H groups in total. The molecular formula is C22H34F2O3. The van der Waals surface area contributed by atoms with E-state index < -0.39 is 36.8 Å². The summed E-state index contributed by atoms with van der Waals surface area (Å²) in [5, 5.41) is 0. The summed E-state index contributed by atoms with van der Waals surface area (Å²) in [6.45, 7) is 6.92. The number of hydrogen-bond acceptors (Lipinski definition) is 3. The summed E-state index contributed by atoms with van der Waals surface area (Å²) in [5.41, 5.74) is 0. The van der Waals surface area contributed by atoms with Crippen LogP contribution >= 0.6 is 0 Å². The van der Waals surface area contributed by atoms with Crippen molar-refractivity contribution in [1.82, 2.24) is 0 Å². The van der Waals surface area contributed by atoms with Crippen molar-refractivity contribution in [2.24, 2.45) is 17.8 Å². The maximum Gasteiger partial charge on any atom is 0.152 e. The Labute approximate surface area is 162 Å². The normalized spacial score (nSPS) is 41.0. The highest BCUT2D eigenvalue weighted by atomic mass is 19.1. The molecule has 154 valence electrons. The van der Waals surface area contributed by atoms with Crippen LogP contribution in [0.25, 0.3) is 0 Å². The van der Waals surface area contributed by atoms with Gasteiger partial charge in [-0.2, -0.15) is 0 Å². The van der Waals surface area contributed by atoms with Crippen molar-refractivity contribution in [3.63, 3.8) is 0 Å². The van der Waals surface area contributed by atoms with E-state index in [4.69, 9.17) is 14.2 Å². The van der Waals surface area contributed by atoms with Gasteiger partial charge in [0.15, 0.2) is 12.3 Å². The van der Waals surface area contributed by atoms with E-state index >= 15 is 4.39 Å². The summed E-state index contributed by atoms with van der Waals surface area (Å²) in [4.78, 5) is 0. The van der Waals surface area contributed by atoms with Gasteiger partial charge in [-0.05, 0) is 63.2 Å². The molecule has 8 atom stereocenters. The van der Waals surface area contributed by atoms with Crippen LogP contribution in [0.4, 0.5) is 8.78 Å². The Balaban J connectivity index is 1.54. The van der Waals surface area contributed by atoms with Crippen molar-refractivity contribution in [3.05, 3.63) is 0 Å². The Kier molecular flexibility index (Phi) is 7.53. The van der Waals surface area contributed by atoms with Gasteiger partial charge in [0.2, 0.25) is 0 Å². The number of hydrogen-bond donors (Lipinski definition) is 0. The van der Waals surface area contributed by atoms with Crippen LogP contribution in [0, 0.1) is 29.6 Å². The number of fused-ring (bicyclic) bond motifs is 3. The lowest BCUT2D eigenvalue weighted by molar-refractivity contribution is -0.131. The monoisotopic (exact) mass is 384 g/mol. The minimum atomic E-state index is -1.20. The van der Waals surface area contributed by atoms with Gasteiger partial charge in [-0.25, -0.2) is 8.78 Å². The van der Waals surface area contributed by atoms with Gasteiger partial charge in [0.1, 0.15) is 6.61 Å². The van der Waals surface area contributed by atoms with Crippen molar-refractivity contribution < 1.29 is 23.0 Å². The second kappa shape index (κ2) is 9.67. The molecule has 2 aliphatic carbocycles. The molecule has 1 heterocycles. The predicted octanol–water partition coefficient (Wildman–Crippen LogP) is 4.48. The van der Waals surface area contributed by atoms with Gasteiger partial charge in [-0.15, -0.1) is 5.92 Å². The molecule has 2 saturated carbocycles. The second-order valence-corrected chi connectivity index (χ2v) is 8.66. The van der Waals surface area contributed by atoms with Crippen LogP contribution in [0.15, 0.2) is 0 Å². The summed E-state index contributed by atoms with van der Waals surface area (Å²) < 4.78 is 47.4. The molecule has 0 aromatic heterocycles. The molecular weight excluding hydrogens is 350 g/mol. The molecule has 0 radical (unpaired) electrons. The van der Waals surface area contributed by atoms with E-state index in [9.17, 15) is 4.39 Å². The number of ether oxygens (including phenoxy) is 3. The summed E-state index contributed by atoms with van der Waals surface area (Å²) in [6.07, 6.45) is 0.753. The zero-order valence-corrected chi connectivity index (χ0v) is 16.8. The molecule has 3 rings (SSSR count). The van der Waals surface area contributed by atoms with E-state index in [0.29, 0.717) is 25.4 Å². The Morgan fingerprint density at radius 2 is 1.56 bits per heavy atom. The molecule has 0 spiro atoms. The van der Waals surface area contributed by atoms with Crippen molar-refractivity contribution in [2.75, 3.05) is 13.2 Å². The van der Waals surface area contributed by atoms with Crippen molar-refractivity contribution in [3.8, 4) is 11.8 Å². The van der Waals surface area contributed by atoms with Gasteiger partial charge in [-0.3, -0.25) is 0 Å². The van der Waals surface area contributed by atoms with E-state index in [1.807, 2.05) is 0 Å². The van der Waals surface area contributed by atoms with Gasteiger partial charge in [-0.1, -0.05) is 19.8 Å². The lowest BCUT2D eigenvalue weighted by Gasteiger charge is -2.37. The smallest absolute Gasteiger partial charge is 0.152 e. The molecule has 0 bridgehead atoms. The molecule has 3 aliphatic rings. The van der Waals surface area contributed by atoms with Crippen molar-refractivity contribution in [2.45, 2.75) is 96.1 Å². The fourth-order valence-electron chi connectivity index (χ4n) is 5.00. The third kappa shape index (κ3) is 4.83. The van der Waals surface area contributed by atoms with Crippen molar-refractivity contribution in [1.29, 1.82) is 0 Å². The third-order valence-electron chi connectivity index (χ3n) is 6.42. The fraction of sp³-hybridized carbons (Fsp3) is 0.909. The summed E-state index contributed by atoms with van der Waals surface area (Å²) in [5.74, 6) is 6.41. The Hall–Kier alpha value is -0.700. The first-order valence-corrected chi connectivity index (χ1v) is 10.6. The van der Waals surface area contributed by atoms with Gasteiger partial charge in [0.05, 0.1) is 24.4 Å². The molecule has 3 nitrogen and oxygen atoms in total. The number of halogens is 2. The zero-order chi connectivity index (χ0) is 19.4. The van der Waals surface area contributed by atoms with Crippen molar-refractivity contribution >= 4 is 0 Å². The standard InChI is InChI=1S/C22H34F2O3/c1-4-5-12-25-17-10-8-15-16-9-11-18(26-13-6-7-14(2)3)20(24)22(16)27-21(15)19(17)23/h14-22H,6-13H2,1-3H3. The Morgan fingerprint density at radius 3 is 2.11 bits per heavy atom. The first-order chi connectivity index (χ1) is 13.0. The SMILES string of the molecule is CC#CCOC1CCC2C3CCC(OCCCC(C)C)C(F)C3OC2C1F. The minimum Gasteiger partial charge on any atom is -0.375 e. The van der Waals surface area contributed by atoms with Crippen LogP contribution in [-0.4, -0.2) is 50.0 Å². The lowest BCUT2D eigenvalue weighted by atomic mass is 9.71. The first-order valence-electron chi connectivity index (χ1n) is 10.6. The van der Waals surface area contributed by atoms with Crippen LogP contribution in [-0.2, 0) is 14.2 Å². The van der Waals surface area contributed by atoms with E-state index in [0.717, 1.165) is 25.7 Å². The zero-order valence-electron chi connectivity index (χ0n) is 16.8. The molecule has 0 aromatic rings. The van der Waals surface area contributed by atoms with Crippen LogP contribution in [0.5, 0.6) is 0 Å². The van der Waals surface area contributed by atoms with Crippen LogP contribution in [0.2, 0.25) is 0 Å². The van der Waals surface area contributed by atoms with Crippen LogP contribution < -0.4 is 0 Å². The van der Waals surface area contributed by atoms with E-state index in [-0.39, 0.29) is 18.4 Å². The lowest BCUT2D eigenvalue weighted by Crippen LogP contribution is -2.45. The topological polar surface area (TPSA) is 27.7 Å². The fourth-order valence-corrected chi connectivity index (χ4v) is 5.00. The number of alkyl halides is 2. The number of rotatable bonds is 7. The second-order valence-electron chi connectivity index (χ2n) is 8.66. The van der Waals surface area contributed by atoms with Gasteiger partial charge in [0.25, 0.3) is 0 Å². The average molecular weight is 385 g/mol. The minimum absolute atomic E-state index is 0.0993. The average Bonchev–Trinajstić information content (AvgIpc) is 3.02. The van der Waals surface area contributed by atoms with Gasteiger partial charge >= 0.3 is 0 Å². The molecule has 1 aliphatic heterocycles. The highest BCUT2D eigenvalue weighted by Gasteiger charge is 2.57. The first kappa shape index (κ1) is 21.0. The maximum atomic E-state index is 15.1. The summed E-state index contributed by atoms with van der Waals surface area (Å²) >= 11 is 0. The highest BCUT2D eigenvalue weighted by molar-refractivity contribution is 5.05. The molecule has 8 unspecified atom stereocenters. The largest absolute Gasteiger partial charge is 0.375 e. The Bertz CT molecular complexity index is 529. The molecule has 27 heavy (non-hydrogen) atoms. The maximum absolute atomic E-state index is 15.1. The van der Waals surface area contributed by atoms with Crippen LogP contribution in [0.3, 0.4) is 0 Å². The molecule has 1 saturated heterocycles. The van der Waals surface area contributed by atoms with E-state index in [2.05, 4.69) is 25.7 Å². The van der Waals surface area contributed by atoms with Gasteiger partial charge in [0, 0.05) is 6.61 Å². The van der Waals surface area contributed by atoms with Crippen LogP contribution in [0.1, 0.15) is 59.3 Å². The summed E-state index contributed by atoms with van der Waals surface area (Å²) in [6, 6.07) is 0. The predicted molar refractivity (Wildman–Crippen MR) is 101 cm³/mol. The summed E-state index contributed by atoms with van der Waals surface area (Å²) in [7, 11) is 0.